The molecule has 0 radical (unpaired) electrons. The molecule has 0 spiro atoms. The van der Waals surface area contributed by atoms with Crippen LogP contribution in [0.4, 0.5) is 5.69 Å². The van der Waals surface area contributed by atoms with Crippen LogP contribution in [0.3, 0.4) is 0 Å². The first kappa shape index (κ1) is 17.5. The van der Waals surface area contributed by atoms with Crippen LogP contribution in [0.1, 0.15) is 17.3 Å². The van der Waals surface area contributed by atoms with E-state index in [9.17, 15) is 9.59 Å². The summed E-state index contributed by atoms with van der Waals surface area (Å²) in [5.41, 5.74) is 0.952. The van der Waals surface area contributed by atoms with E-state index in [2.05, 4.69) is 5.32 Å². The molecule has 5 nitrogen and oxygen atoms in total. The first-order valence-corrected chi connectivity index (χ1v) is 8.23. The van der Waals surface area contributed by atoms with Gasteiger partial charge in [0.2, 0.25) is 0 Å². The molecule has 1 amide bonds. The van der Waals surface area contributed by atoms with E-state index < -0.39 is 18.0 Å². The summed E-state index contributed by atoms with van der Waals surface area (Å²) in [6.45, 7) is 1.54. The summed E-state index contributed by atoms with van der Waals surface area (Å²) >= 11 is 0. The molecule has 0 saturated heterocycles. The molecule has 0 heterocycles. The highest BCUT2D eigenvalue weighted by atomic mass is 16.5. The number of nitrogens with one attached hydrogen (secondary N) is 1. The summed E-state index contributed by atoms with van der Waals surface area (Å²) in [5, 5.41) is 4.76. The fourth-order valence-electron chi connectivity index (χ4n) is 2.66. The predicted molar refractivity (Wildman–Crippen MR) is 100 cm³/mol. The van der Waals surface area contributed by atoms with Gasteiger partial charge in [-0.05, 0) is 30.5 Å². The van der Waals surface area contributed by atoms with Gasteiger partial charge in [0.05, 0.1) is 7.11 Å². The third-order valence-electron chi connectivity index (χ3n) is 4.03. The average molecular weight is 349 g/mol. The Kier molecular flexibility index (Phi) is 5.17. The average Bonchev–Trinajstić information content (AvgIpc) is 2.68. The molecule has 1 N–H and O–H groups in total. The minimum absolute atomic E-state index is 0.278. The zero-order chi connectivity index (χ0) is 18.5. The second-order valence-electron chi connectivity index (χ2n) is 5.76. The molecule has 3 aromatic carbocycles. The van der Waals surface area contributed by atoms with E-state index >= 15 is 0 Å². The van der Waals surface area contributed by atoms with Crippen LogP contribution in [0.5, 0.6) is 5.75 Å². The molecular weight excluding hydrogens is 330 g/mol. The molecule has 0 aliphatic carbocycles. The van der Waals surface area contributed by atoms with Crippen LogP contribution < -0.4 is 10.1 Å². The fraction of sp³-hybridized carbons (Fsp3) is 0.143. The molecule has 0 fully saturated rings. The molecule has 3 rings (SSSR count). The molecule has 3 aromatic rings. The summed E-state index contributed by atoms with van der Waals surface area (Å²) in [7, 11) is 1.47. The second kappa shape index (κ2) is 7.70. The molecule has 1 atom stereocenters. The molecule has 132 valence electrons. The second-order valence-corrected chi connectivity index (χ2v) is 5.76. The predicted octanol–water partition coefficient (Wildman–Crippen LogP) is 4.03. The summed E-state index contributed by atoms with van der Waals surface area (Å²) in [4.78, 5) is 24.8. The highest BCUT2D eigenvalue weighted by Crippen LogP contribution is 2.23. The number of rotatable bonds is 5. The van der Waals surface area contributed by atoms with E-state index in [1.807, 2.05) is 42.5 Å². The van der Waals surface area contributed by atoms with E-state index in [0.29, 0.717) is 11.4 Å². The first-order valence-electron chi connectivity index (χ1n) is 8.23. The van der Waals surface area contributed by atoms with E-state index in [4.69, 9.17) is 9.47 Å². The zero-order valence-electron chi connectivity index (χ0n) is 14.6. The van der Waals surface area contributed by atoms with Crippen LogP contribution in [0.2, 0.25) is 0 Å². The third kappa shape index (κ3) is 3.67. The summed E-state index contributed by atoms with van der Waals surface area (Å²) < 4.78 is 10.4. The fourth-order valence-corrected chi connectivity index (χ4v) is 2.66. The van der Waals surface area contributed by atoms with Gasteiger partial charge in [0.25, 0.3) is 5.91 Å². The van der Waals surface area contributed by atoms with Gasteiger partial charge in [-0.25, -0.2) is 4.79 Å². The smallest absolute Gasteiger partial charge is 0.342 e. The monoisotopic (exact) mass is 349 g/mol. The highest BCUT2D eigenvalue weighted by molar-refractivity contribution is 6.04. The van der Waals surface area contributed by atoms with Crippen LogP contribution in [-0.4, -0.2) is 25.1 Å². The SMILES string of the molecule is COc1ccccc1C(=O)O[C@H](C)C(=O)Nc1cccc2ccccc12. The molecule has 0 aromatic heterocycles. The standard InChI is InChI=1S/C21H19NO4/c1-14(26-21(24)17-11-5-6-13-19(17)25-2)20(23)22-18-12-7-9-15-8-3-4-10-16(15)18/h3-14H,1-2H3,(H,22,23)/t14-/m1/s1. The van der Waals surface area contributed by atoms with E-state index in [1.54, 1.807) is 24.3 Å². The lowest BCUT2D eigenvalue weighted by atomic mass is 10.1. The number of anilines is 1. The van der Waals surface area contributed by atoms with Crippen LogP contribution in [0.25, 0.3) is 10.8 Å². The van der Waals surface area contributed by atoms with Crippen molar-refractivity contribution in [3.63, 3.8) is 0 Å². The van der Waals surface area contributed by atoms with Crippen molar-refractivity contribution in [1.82, 2.24) is 0 Å². The Morgan fingerprint density at radius 2 is 1.62 bits per heavy atom. The van der Waals surface area contributed by atoms with Crippen molar-refractivity contribution in [2.45, 2.75) is 13.0 Å². The summed E-state index contributed by atoms with van der Waals surface area (Å²) in [5.74, 6) is -0.605. The Bertz CT molecular complexity index is 946. The van der Waals surface area contributed by atoms with Gasteiger partial charge in [0.1, 0.15) is 11.3 Å². The minimum atomic E-state index is -0.952. The van der Waals surface area contributed by atoms with Crippen molar-refractivity contribution in [1.29, 1.82) is 0 Å². The summed E-state index contributed by atoms with van der Waals surface area (Å²) in [6, 6.07) is 20.1. The number of amides is 1. The van der Waals surface area contributed by atoms with Crippen molar-refractivity contribution in [2.24, 2.45) is 0 Å². The number of para-hydroxylation sites is 1. The van der Waals surface area contributed by atoms with Gasteiger partial charge in [0.15, 0.2) is 6.10 Å². The van der Waals surface area contributed by atoms with Crippen molar-refractivity contribution in [3.8, 4) is 5.75 Å². The van der Waals surface area contributed by atoms with Crippen LogP contribution in [-0.2, 0) is 9.53 Å². The van der Waals surface area contributed by atoms with E-state index in [0.717, 1.165) is 10.8 Å². The zero-order valence-corrected chi connectivity index (χ0v) is 14.6. The molecule has 5 heteroatoms. The van der Waals surface area contributed by atoms with Crippen molar-refractivity contribution in [3.05, 3.63) is 72.3 Å². The largest absolute Gasteiger partial charge is 0.496 e. The molecule has 0 unspecified atom stereocenters. The van der Waals surface area contributed by atoms with Crippen LogP contribution in [0.15, 0.2) is 66.7 Å². The van der Waals surface area contributed by atoms with Gasteiger partial charge in [-0.1, -0.05) is 48.5 Å². The van der Waals surface area contributed by atoms with Crippen molar-refractivity contribution >= 4 is 28.3 Å². The highest BCUT2D eigenvalue weighted by Gasteiger charge is 2.21. The number of ether oxygens (including phenoxy) is 2. The van der Waals surface area contributed by atoms with Crippen LogP contribution in [0, 0.1) is 0 Å². The Balaban J connectivity index is 1.72. The van der Waals surface area contributed by atoms with E-state index in [-0.39, 0.29) is 5.56 Å². The number of hydrogen-bond donors (Lipinski definition) is 1. The van der Waals surface area contributed by atoms with Crippen LogP contribution >= 0.6 is 0 Å². The Morgan fingerprint density at radius 1 is 0.923 bits per heavy atom. The van der Waals surface area contributed by atoms with Gasteiger partial charge >= 0.3 is 5.97 Å². The van der Waals surface area contributed by atoms with Gasteiger partial charge in [-0.2, -0.15) is 0 Å². The lowest BCUT2D eigenvalue weighted by Crippen LogP contribution is -2.30. The number of methoxy groups -OCH3 is 1. The molecule has 0 aliphatic heterocycles. The molecule has 0 aliphatic rings. The maximum absolute atomic E-state index is 12.5. The molecular formula is C21H19NO4. The van der Waals surface area contributed by atoms with Crippen molar-refractivity contribution < 1.29 is 19.1 Å². The normalized spacial score (nSPS) is 11.6. The number of carbonyl (C=O) groups excluding carboxylic acids is 2. The first-order chi connectivity index (χ1) is 12.6. The third-order valence-corrected chi connectivity index (χ3v) is 4.03. The lowest BCUT2D eigenvalue weighted by molar-refractivity contribution is -0.123. The topological polar surface area (TPSA) is 64.6 Å². The maximum atomic E-state index is 12.5. The van der Waals surface area contributed by atoms with Gasteiger partial charge < -0.3 is 14.8 Å². The molecule has 0 saturated carbocycles. The minimum Gasteiger partial charge on any atom is -0.496 e. The van der Waals surface area contributed by atoms with Gasteiger partial charge in [0, 0.05) is 11.1 Å². The number of benzene rings is 3. The van der Waals surface area contributed by atoms with Gasteiger partial charge in [-0.15, -0.1) is 0 Å². The number of fused-ring (bicyclic) bond motifs is 1. The Labute approximate surface area is 151 Å². The molecule has 26 heavy (non-hydrogen) atoms. The number of esters is 1. The van der Waals surface area contributed by atoms with Crippen molar-refractivity contribution in [2.75, 3.05) is 12.4 Å². The number of carbonyl (C=O) groups is 2. The quantitative estimate of drug-likeness (QED) is 0.706. The Hall–Kier alpha value is -3.34. The van der Waals surface area contributed by atoms with E-state index in [1.165, 1.54) is 14.0 Å². The molecule has 0 bridgehead atoms. The lowest BCUT2D eigenvalue weighted by Gasteiger charge is -2.15. The maximum Gasteiger partial charge on any atom is 0.342 e. The Morgan fingerprint density at radius 3 is 2.42 bits per heavy atom. The van der Waals surface area contributed by atoms with Gasteiger partial charge in [-0.3, -0.25) is 4.79 Å². The number of hydrogen-bond acceptors (Lipinski definition) is 4. The summed E-state index contributed by atoms with van der Waals surface area (Å²) in [6.07, 6.45) is -0.952.